The fourth-order valence-corrected chi connectivity index (χ4v) is 1.25. The molecule has 0 heterocycles. The molecule has 0 saturated carbocycles. The maximum atomic E-state index is 9.49. The lowest BCUT2D eigenvalue weighted by Gasteiger charge is -2.21. The molecule has 0 fully saturated rings. The topological polar surface area (TPSA) is 55.5 Å². The summed E-state index contributed by atoms with van der Waals surface area (Å²) in [5.74, 6) is 0.801. The van der Waals surface area contributed by atoms with E-state index in [1.54, 1.807) is 0 Å². The molecule has 0 aliphatic carbocycles. The first-order chi connectivity index (χ1) is 6.92. The van der Waals surface area contributed by atoms with E-state index in [2.05, 4.69) is 0 Å². The molecule has 0 saturated heterocycles. The lowest BCUT2D eigenvalue weighted by molar-refractivity contribution is 0.130. The van der Waals surface area contributed by atoms with Gasteiger partial charge in [0.15, 0.2) is 0 Å². The molecule has 0 bridgehead atoms. The van der Waals surface area contributed by atoms with Crippen molar-refractivity contribution in [1.29, 1.82) is 0 Å². The summed E-state index contributed by atoms with van der Waals surface area (Å²) in [5.41, 5.74) is 5.98. The first-order valence-corrected chi connectivity index (χ1v) is 5.09. The third kappa shape index (κ3) is 3.90. The maximum absolute atomic E-state index is 9.49. The highest BCUT2D eigenvalue weighted by Gasteiger charge is 2.12. The van der Waals surface area contributed by atoms with Crippen molar-refractivity contribution >= 4 is 0 Å². The summed E-state index contributed by atoms with van der Waals surface area (Å²) in [4.78, 5) is 0. The van der Waals surface area contributed by atoms with Crippen LogP contribution in [0.3, 0.4) is 0 Å². The summed E-state index contributed by atoms with van der Waals surface area (Å²) in [6, 6.07) is 7.36. The number of rotatable bonds is 3. The van der Waals surface area contributed by atoms with Crippen LogP contribution in [0, 0.1) is 0 Å². The molecule has 15 heavy (non-hydrogen) atoms. The van der Waals surface area contributed by atoms with Crippen molar-refractivity contribution < 1.29 is 9.84 Å². The molecular formula is C12H19NO2. The Kier molecular flexibility index (Phi) is 3.72. The van der Waals surface area contributed by atoms with Crippen molar-refractivity contribution in [3.8, 4) is 5.75 Å². The van der Waals surface area contributed by atoms with Crippen LogP contribution in [0.4, 0.5) is 0 Å². The summed E-state index contributed by atoms with van der Waals surface area (Å²) < 4.78 is 5.66. The SMILES string of the molecule is CC(C)(C)Oc1ccc(C(O)CN)cc1. The van der Waals surface area contributed by atoms with Crippen molar-refractivity contribution in [2.24, 2.45) is 5.73 Å². The Morgan fingerprint density at radius 3 is 2.20 bits per heavy atom. The molecule has 0 radical (unpaired) electrons. The van der Waals surface area contributed by atoms with E-state index in [1.165, 1.54) is 0 Å². The molecular weight excluding hydrogens is 190 g/mol. The fourth-order valence-electron chi connectivity index (χ4n) is 1.25. The van der Waals surface area contributed by atoms with E-state index in [-0.39, 0.29) is 12.1 Å². The van der Waals surface area contributed by atoms with Gasteiger partial charge in [-0.2, -0.15) is 0 Å². The van der Waals surface area contributed by atoms with Gasteiger partial charge in [0.05, 0.1) is 6.10 Å². The average Bonchev–Trinajstić information content (AvgIpc) is 2.15. The van der Waals surface area contributed by atoms with Crippen molar-refractivity contribution in [1.82, 2.24) is 0 Å². The van der Waals surface area contributed by atoms with Crippen LogP contribution in [0.25, 0.3) is 0 Å². The fraction of sp³-hybridized carbons (Fsp3) is 0.500. The highest BCUT2D eigenvalue weighted by Crippen LogP contribution is 2.20. The number of nitrogens with two attached hydrogens (primary N) is 1. The first-order valence-electron chi connectivity index (χ1n) is 5.09. The van der Waals surface area contributed by atoms with Crippen LogP contribution < -0.4 is 10.5 Å². The van der Waals surface area contributed by atoms with Gasteiger partial charge in [0.1, 0.15) is 11.4 Å². The molecule has 0 aliphatic rings. The minimum Gasteiger partial charge on any atom is -0.488 e. The Morgan fingerprint density at radius 2 is 1.80 bits per heavy atom. The second-order valence-electron chi connectivity index (χ2n) is 4.53. The van der Waals surface area contributed by atoms with E-state index in [9.17, 15) is 5.11 Å². The van der Waals surface area contributed by atoms with E-state index < -0.39 is 6.10 Å². The summed E-state index contributed by atoms with van der Waals surface area (Å²) in [6.45, 7) is 6.22. The summed E-state index contributed by atoms with van der Waals surface area (Å²) in [6.07, 6.45) is -0.589. The van der Waals surface area contributed by atoms with Gasteiger partial charge in [0, 0.05) is 6.54 Å². The number of ether oxygens (including phenoxy) is 1. The highest BCUT2D eigenvalue weighted by atomic mass is 16.5. The molecule has 0 aromatic heterocycles. The number of aliphatic hydroxyl groups is 1. The summed E-state index contributed by atoms with van der Waals surface area (Å²) >= 11 is 0. The molecule has 1 aromatic carbocycles. The Morgan fingerprint density at radius 1 is 1.27 bits per heavy atom. The quantitative estimate of drug-likeness (QED) is 0.798. The molecule has 0 aliphatic heterocycles. The standard InChI is InChI=1S/C12H19NO2/c1-12(2,3)15-10-6-4-9(5-7-10)11(14)8-13/h4-7,11,14H,8,13H2,1-3H3. The number of hydrogen-bond acceptors (Lipinski definition) is 3. The minimum absolute atomic E-state index is 0.200. The van der Waals surface area contributed by atoms with Gasteiger partial charge >= 0.3 is 0 Å². The maximum Gasteiger partial charge on any atom is 0.120 e. The van der Waals surface area contributed by atoms with Gasteiger partial charge in [0.2, 0.25) is 0 Å². The van der Waals surface area contributed by atoms with Gasteiger partial charge in [-0.25, -0.2) is 0 Å². The Balaban J connectivity index is 2.72. The van der Waals surface area contributed by atoms with E-state index >= 15 is 0 Å². The van der Waals surface area contributed by atoms with Crippen molar-refractivity contribution in [2.75, 3.05) is 6.54 Å². The molecule has 3 N–H and O–H groups in total. The normalized spacial score (nSPS) is 13.7. The zero-order chi connectivity index (χ0) is 11.5. The van der Waals surface area contributed by atoms with Gasteiger partial charge in [-0.15, -0.1) is 0 Å². The van der Waals surface area contributed by atoms with Crippen LogP contribution in [0.15, 0.2) is 24.3 Å². The molecule has 1 atom stereocenters. The van der Waals surface area contributed by atoms with Gasteiger partial charge in [0.25, 0.3) is 0 Å². The Labute approximate surface area is 90.9 Å². The zero-order valence-corrected chi connectivity index (χ0v) is 9.53. The second-order valence-corrected chi connectivity index (χ2v) is 4.53. The van der Waals surface area contributed by atoms with Crippen molar-refractivity contribution in [3.05, 3.63) is 29.8 Å². The van der Waals surface area contributed by atoms with Crippen LogP contribution >= 0.6 is 0 Å². The van der Waals surface area contributed by atoms with Crippen LogP contribution in [0.5, 0.6) is 5.75 Å². The van der Waals surface area contributed by atoms with E-state index in [0.717, 1.165) is 11.3 Å². The van der Waals surface area contributed by atoms with Gasteiger partial charge in [-0.1, -0.05) is 12.1 Å². The number of aliphatic hydroxyl groups excluding tert-OH is 1. The summed E-state index contributed by atoms with van der Waals surface area (Å²) in [5, 5.41) is 9.49. The zero-order valence-electron chi connectivity index (χ0n) is 9.53. The number of benzene rings is 1. The Bertz CT molecular complexity index is 300. The van der Waals surface area contributed by atoms with Crippen LogP contribution in [-0.2, 0) is 0 Å². The molecule has 0 spiro atoms. The van der Waals surface area contributed by atoms with Crippen LogP contribution in [-0.4, -0.2) is 17.3 Å². The van der Waals surface area contributed by atoms with Gasteiger partial charge in [-0.3, -0.25) is 0 Å². The van der Waals surface area contributed by atoms with Crippen LogP contribution in [0.1, 0.15) is 32.4 Å². The van der Waals surface area contributed by atoms with Crippen molar-refractivity contribution in [2.45, 2.75) is 32.5 Å². The lowest BCUT2D eigenvalue weighted by Crippen LogP contribution is -2.22. The van der Waals surface area contributed by atoms with Gasteiger partial charge < -0.3 is 15.6 Å². The van der Waals surface area contributed by atoms with Crippen molar-refractivity contribution in [3.63, 3.8) is 0 Å². The third-order valence-corrected chi connectivity index (χ3v) is 1.91. The van der Waals surface area contributed by atoms with Crippen LogP contribution in [0.2, 0.25) is 0 Å². The molecule has 0 amide bonds. The van der Waals surface area contributed by atoms with E-state index in [0.29, 0.717) is 0 Å². The third-order valence-electron chi connectivity index (χ3n) is 1.91. The molecule has 1 aromatic rings. The molecule has 1 rings (SSSR count). The average molecular weight is 209 g/mol. The lowest BCUT2D eigenvalue weighted by atomic mass is 10.1. The number of hydrogen-bond donors (Lipinski definition) is 2. The Hall–Kier alpha value is -1.06. The summed E-state index contributed by atoms with van der Waals surface area (Å²) in [7, 11) is 0. The first kappa shape index (κ1) is 12.0. The molecule has 84 valence electrons. The van der Waals surface area contributed by atoms with E-state index in [1.807, 2.05) is 45.0 Å². The van der Waals surface area contributed by atoms with Gasteiger partial charge in [-0.05, 0) is 38.5 Å². The van der Waals surface area contributed by atoms with E-state index in [4.69, 9.17) is 10.5 Å². The highest BCUT2D eigenvalue weighted by molar-refractivity contribution is 5.29. The molecule has 3 heteroatoms. The predicted octanol–water partition coefficient (Wildman–Crippen LogP) is 1.86. The largest absolute Gasteiger partial charge is 0.488 e. The molecule has 1 unspecified atom stereocenters. The molecule has 3 nitrogen and oxygen atoms in total. The smallest absolute Gasteiger partial charge is 0.120 e. The second kappa shape index (κ2) is 4.64. The minimum atomic E-state index is -0.589. The predicted molar refractivity (Wildman–Crippen MR) is 60.8 cm³/mol. The monoisotopic (exact) mass is 209 g/mol.